The molecular formula is C16H21F2NO3. The average molecular weight is 313 g/mol. The first-order valence-electron chi connectivity index (χ1n) is 7.51. The van der Waals surface area contributed by atoms with Crippen LogP contribution in [0.3, 0.4) is 0 Å². The summed E-state index contributed by atoms with van der Waals surface area (Å²) in [5.74, 6) is 0.334. The Morgan fingerprint density at radius 3 is 2.64 bits per heavy atom. The minimum Gasteiger partial charge on any atom is -0.493 e. The first-order chi connectivity index (χ1) is 10.6. The third kappa shape index (κ3) is 4.58. The standard InChI is InChI=1S/C16H21F2NO3/c1-21-14-9-12(7-8-13(14)22-16(17)18)15(20)19-10-11-5-3-2-4-6-11/h7-9,11,16H,2-6,10H2,1H3,(H,19,20). The summed E-state index contributed by atoms with van der Waals surface area (Å²) in [4.78, 5) is 12.1. The molecule has 1 aliphatic carbocycles. The predicted molar refractivity (Wildman–Crippen MR) is 78.5 cm³/mol. The number of carbonyl (C=O) groups excluding carboxylic acids is 1. The third-order valence-electron chi connectivity index (χ3n) is 3.92. The lowest BCUT2D eigenvalue weighted by atomic mass is 9.89. The fourth-order valence-corrected chi connectivity index (χ4v) is 2.73. The normalized spacial score (nSPS) is 15.6. The molecule has 1 aliphatic rings. The highest BCUT2D eigenvalue weighted by Crippen LogP contribution is 2.29. The molecule has 0 radical (unpaired) electrons. The topological polar surface area (TPSA) is 47.6 Å². The zero-order chi connectivity index (χ0) is 15.9. The molecule has 0 heterocycles. The number of hydrogen-bond donors (Lipinski definition) is 1. The summed E-state index contributed by atoms with van der Waals surface area (Å²) in [6.07, 6.45) is 5.99. The number of hydrogen-bond acceptors (Lipinski definition) is 3. The molecule has 0 bridgehead atoms. The maximum atomic E-state index is 12.3. The van der Waals surface area contributed by atoms with Gasteiger partial charge >= 0.3 is 6.61 Å². The van der Waals surface area contributed by atoms with Crippen LogP contribution < -0.4 is 14.8 Å². The number of alkyl halides is 2. The second kappa shape index (κ2) is 7.96. The molecule has 0 spiro atoms. The number of benzene rings is 1. The summed E-state index contributed by atoms with van der Waals surface area (Å²) in [5, 5.41) is 2.90. The van der Waals surface area contributed by atoms with E-state index < -0.39 is 6.61 Å². The van der Waals surface area contributed by atoms with E-state index in [0.29, 0.717) is 18.0 Å². The summed E-state index contributed by atoms with van der Waals surface area (Å²) in [7, 11) is 1.34. The second-order valence-corrected chi connectivity index (χ2v) is 5.46. The molecule has 1 aromatic carbocycles. The van der Waals surface area contributed by atoms with Gasteiger partial charge in [0.1, 0.15) is 0 Å². The van der Waals surface area contributed by atoms with E-state index in [1.54, 1.807) is 0 Å². The van der Waals surface area contributed by atoms with Crippen molar-refractivity contribution in [2.45, 2.75) is 38.7 Å². The fraction of sp³-hybridized carbons (Fsp3) is 0.562. The van der Waals surface area contributed by atoms with Gasteiger partial charge in [-0.15, -0.1) is 0 Å². The maximum absolute atomic E-state index is 12.3. The van der Waals surface area contributed by atoms with Crippen molar-refractivity contribution in [3.8, 4) is 11.5 Å². The van der Waals surface area contributed by atoms with Gasteiger partial charge in [-0.1, -0.05) is 19.3 Å². The van der Waals surface area contributed by atoms with Crippen molar-refractivity contribution in [1.82, 2.24) is 5.32 Å². The van der Waals surface area contributed by atoms with Crippen molar-refractivity contribution in [3.63, 3.8) is 0 Å². The highest BCUT2D eigenvalue weighted by molar-refractivity contribution is 5.94. The molecule has 1 fully saturated rings. The van der Waals surface area contributed by atoms with Gasteiger partial charge in [0.15, 0.2) is 11.5 Å². The van der Waals surface area contributed by atoms with Gasteiger partial charge in [-0.25, -0.2) is 0 Å². The quantitative estimate of drug-likeness (QED) is 0.873. The third-order valence-corrected chi connectivity index (χ3v) is 3.92. The number of halogens is 2. The first-order valence-corrected chi connectivity index (χ1v) is 7.51. The molecule has 6 heteroatoms. The summed E-state index contributed by atoms with van der Waals surface area (Å²) < 4.78 is 33.9. The Labute approximate surface area is 128 Å². The van der Waals surface area contributed by atoms with Crippen molar-refractivity contribution in [3.05, 3.63) is 23.8 Å². The van der Waals surface area contributed by atoms with Crippen molar-refractivity contribution in [1.29, 1.82) is 0 Å². The van der Waals surface area contributed by atoms with Crippen LogP contribution in [-0.4, -0.2) is 26.2 Å². The smallest absolute Gasteiger partial charge is 0.387 e. The molecule has 1 amide bonds. The van der Waals surface area contributed by atoms with E-state index in [2.05, 4.69) is 10.1 Å². The number of methoxy groups -OCH3 is 1. The summed E-state index contributed by atoms with van der Waals surface area (Å²) in [5.41, 5.74) is 0.370. The van der Waals surface area contributed by atoms with E-state index in [-0.39, 0.29) is 17.4 Å². The lowest BCUT2D eigenvalue weighted by Crippen LogP contribution is -2.30. The van der Waals surface area contributed by atoms with Crippen molar-refractivity contribution >= 4 is 5.91 Å². The average Bonchev–Trinajstić information content (AvgIpc) is 2.53. The molecular weight excluding hydrogens is 292 g/mol. The Bertz CT molecular complexity index is 502. The van der Waals surface area contributed by atoms with Crippen molar-refractivity contribution in [2.24, 2.45) is 5.92 Å². The summed E-state index contributed by atoms with van der Waals surface area (Å²) in [6, 6.07) is 4.19. The van der Waals surface area contributed by atoms with Crippen LogP contribution in [0, 0.1) is 5.92 Å². The number of amides is 1. The highest BCUT2D eigenvalue weighted by atomic mass is 19.3. The van der Waals surface area contributed by atoms with Gasteiger partial charge in [-0.3, -0.25) is 4.79 Å². The first kappa shape index (κ1) is 16.5. The van der Waals surface area contributed by atoms with Gasteiger partial charge in [0, 0.05) is 12.1 Å². The number of rotatable bonds is 6. The predicted octanol–water partition coefficient (Wildman–Crippen LogP) is 3.61. The van der Waals surface area contributed by atoms with E-state index >= 15 is 0 Å². The van der Waals surface area contributed by atoms with Crippen LogP contribution in [0.1, 0.15) is 42.5 Å². The molecule has 0 aliphatic heterocycles. The fourth-order valence-electron chi connectivity index (χ4n) is 2.73. The Morgan fingerprint density at radius 1 is 1.27 bits per heavy atom. The molecule has 122 valence electrons. The lowest BCUT2D eigenvalue weighted by molar-refractivity contribution is -0.0512. The van der Waals surface area contributed by atoms with Gasteiger partial charge < -0.3 is 14.8 Å². The molecule has 0 saturated heterocycles. The maximum Gasteiger partial charge on any atom is 0.387 e. The molecule has 1 aromatic rings. The molecule has 0 aromatic heterocycles. The van der Waals surface area contributed by atoms with Crippen molar-refractivity contribution < 1.29 is 23.0 Å². The molecule has 0 unspecified atom stereocenters. The minimum atomic E-state index is -2.93. The van der Waals surface area contributed by atoms with Crippen LogP contribution in [0.15, 0.2) is 18.2 Å². The van der Waals surface area contributed by atoms with E-state index in [1.165, 1.54) is 44.6 Å². The molecule has 22 heavy (non-hydrogen) atoms. The van der Waals surface area contributed by atoms with Gasteiger partial charge in [-0.05, 0) is 37.0 Å². The van der Waals surface area contributed by atoms with Crippen LogP contribution >= 0.6 is 0 Å². The molecule has 2 rings (SSSR count). The molecule has 1 N–H and O–H groups in total. The van der Waals surface area contributed by atoms with Gasteiger partial charge in [0.25, 0.3) is 5.91 Å². The molecule has 1 saturated carbocycles. The summed E-state index contributed by atoms with van der Waals surface area (Å²) in [6.45, 7) is -2.28. The molecule has 4 nitrogen and oxygen atoms in total. The Morgan fingerprint density at radius 2 is 2.00 bits per heavy atom. The van der Waals surface area contributed by atoms with Crippen LogP contribution in [0.2, 0.25) is 0 Å². The van der Waals surface area contributed by atoms with E-state index in [9.17, 15) is 13.6 Å². The zero-order valence-electron chi connectivity index (χ0n) is 12.6. The Hall–Kier alpha value is -1.85. The van der Waals surface area contributed by atoms with Crippen LogP contribution in [-0.2, 0) is 0 Å². The van der Waals surface area contributed by atoms with E-state index in [4.69, 9.17) is 4.74 Å². The number of ether oxygens (including phenoxy) is 2. The molecule has 0 atom stereocenters. The second-order valence-electron chi connectivity index (χ2n) is 5.46. The number of carbonyl (C=O) groups is 1. The van der Waals surface area contributed by atoms with Crippen LogP contribution in [0.25, 0.3) is 0 Å². The van der Waals surface area contributed by atoms with Gasteiger partial charge in [0.2, 0.25) is 0 Å². The van der Waals surface area contributed by atoms with E-state index in [1.807, 2.05) is 0 Å². The van der Waals surface area contributed by atoms with Crippen molar-refractivity contribution in [2.75, 3.05) is 13.7 Å². The Kier molecular flexibility index (Phi) is 5.98. The van der Waals surface area contributed by atoms with Gasteiger partial charge in [-0.2, -0.15) is 8.78 Å². The summed E-state index contributed by atoms with van der Waals surface area (Å²) >= 11 is 0. The SMILES string of the molecule is COc1cc(C(=O)NCC2CCCCC2)ccc1OC(F)F. The highest BCUT2D eigenvalue weighted by Gasteiger charge is 2.17. The van der Waals surface area contributed by atoms with Crippen LogP contribution in [0.5, 0.6) is 11.5 Å². The van der Waals surface area contributed by atoms with Crippen LogP contribution in [0.4, 0.5) is 8.78 Å². The zero-order valence-corrected chi connectivity index (χ0v) is 12.6. The Balaban J connectivity index is 1.96. The lowest BCUT2D eigenvalue weighted by Gasteiger charge is -2.21. The largest absolute Gasteiger partial charge is 0.493 e. The number of nitrogens with one attached hydrogen (secondary N) is 1. The minimum absolute atomic E-state index is 0.0821. The van der Waals surface area contributed by atoms with E-state index in [0.717, 1.165) is 12.8 Å². The van der Waals surface area contributed by atoms with Gasteiger partial charge in [0.05, 0.1) is 7.11 Å². The monoisotopic (exact) mass is 313 g/mol.